The SMILES string of the molecule is CC1C2Nc3ccccc3CN2C(=O)C1(O)C(F)(F)F. The fourth-order valence-corrected chi connectivity index (χ4v) is 2.93. The lowest BCUT2D eigenvalue weighted by molar-refractivity contribution is -0.260. The second-order valence-corrected chi connectivity index (χ2v) is 5.23. The summed E-state index contributed by atoms with van der Waals surface area (Å²) in [4.78, 5) is 13.1. The first-order chi connectivity index (χ1) is 9.26. The van der Waals surface area contributed by atoms with E-state index < -0.39 is 29.8 Å². The van der Waals surface area contributed by atoms with Gasteiger partial charge >= 0.3 is 6.18 Å². The van der Waals surface area contributed by atoms with E-state index in [0.29, 0.717) is 5.69 Å². The van der Waals surface area contributed by atoms with Crippen molar-refractivity contribution in [3.05, 3.63) is 29.8 Å². The van der Waals surface area contributed by atoms with Crippen LogP contribution in [0.25, 0.3) is 0 Å². The monoisotopic (exact) mass is 286 g/mol. The van der Waals surface area contributed by atoms with Crippen LogP contribution in [0.15, 0.2) is 24.3 Å². The number of hydrogen-bond acceptors (Lipinski definition) is 3. The third-order valence-corrected chi connectivity index (χ3v) is 4.15. The second-order valence-electron chi connectivity index (χ2n) is 5.23. The van der Waals surface area contributed by atoms with Gasteiger partial charge in [0.15, 0.2) is 0 Å². The maximum Gasteiger partial charge on any atom is 0.426 e. The van der Waals surface area contributed by atoms with E-state index in [1.807, 2.05) is 0 Å². The number of fused-ring (bicyclic) bond motifs is 2. The molecular formula is C13H13F3N2O2. The summed E-state index contributed by atoms with van der Waals surface area (Å²) in [6.45, 7) is 1.30. The van der Waals surface area contributed by atoms with Crippen LogP contribution in [0.5, 0.6) is 0 Å². The number of rotatable bonds is 0. The number of alkyl halides is 3. The molecule has 108 valence electrons. The van der Waals surface area contributed by atoms with E-state index in [-0.39, 0.29) is 6.54 Å². The second kappa shape index (κ2) is 3.88. The first kappa shape index (κ1) is 13.2. The van der Waals surface area contributed by atoms with E-state index in [2.05, 4.69) is 5.32 Å². The van der Waals surface area contributed by atoms with E-state index >= 15 is 0 Å². The van der Waals surface area contributed by atoms with Crippen LogP contribution in [0.1, 0.15) is 12.5 Å². The Bertz CT molecular complexity index is 575. The highest BCUT2D eigenvalue weighted by atomic mass is 19.4. The van der Waals surface area contributed by atoms with E-state index in [0.717, 1.165) is 10.5 Å². The Morgan fingerprint density at radius 1 is 1.40 bits per heavy atom. The molecule has 0 saturated carbocycles. The van der Waals surface area contributed by atoms with E-state index in [1.165, 1.54) is 6.92 Å². The minimum absolute atomic E-state index is 0.0649. The molecule has 3 unspecified atom stereocenters. The van der Waals surface area contributed by atoms with Crippen LogP contribution in [0.3, 0.4) is 0 Å². The van der Waals surface area contributed by atoms with Crippen LogP contribution in [0, 0.1) is 5.92 Å². The van der Waals surface area contributed by atoms with Crippen LogP contribution in [-0.2, 0) is 11.3 Å². The molecule has 1 saturated heterocycles. The molecule has 0 aromatic heterocycles. The van der Waals surface area contributed by atoms with Crippen molar-refractivity contribution in [2.24, 2.45) is 5.92 Å². The van der Waals surface area contributed by atoms with Crippen molar-refractivity contribution in [2.45, 2.75) is 31.4 Å². The van der Waals surface area contributed by atoms with Gasteiger partial charge in [-0.3, -0.25) is 4.79 Å². The summed E-state index contributed by atoms with van der Waals surface area (Å²) < 4.78 is 39.3. The minimum Gasteiger partial charge on any atom is -0.372 e. The lowest BCUT2D eigenvalue weighted by Gasteiger charge is -2.34. The highest BCUT2D eigenvalue weighted by Gasteiger charge is 2.71. The Kier molecular flexibility index (Phi) is 2.57. The van der Waals surface area contributed by atoms with Crippen molar-refractivity contribution in [3.8, 4) is 0 Å². The zero-order valence-corrected chi connectivity index (χ0v) is 10.6. The molecule has 0 bridgehead atoms. The van der Waals surface area contributed by atoms with Crippen molar-refractivity contribution in [1.82, 2.24) is 4.90 Å². The average molecular weight is 286 g/mol. The molecule has 7 heteroatoms. The minimum atomic E-state index is -4.99. The third-order valence-electron chi connectivity index (χ3n) is 4.15. The smallest absolute Gasteiger partial charge is 0.372 e. The first-order valence-corrected chi connectivity index (χ1v) is 6.21. The topological polar surface area (TPSA) is 52.6 Å². The van der Waals surface area contributed by atoms with E-state index in [4.69, 9.17) is 0 Å². The highest BCUT2D eigenvalue weighted by Crippen LogP contribution is 2.47. The number of halogens is 3. The summed E-state index contributed by atoms with van der Waals surface area (Å²) >= 11 is 0. The fraction of sp³-hybridized carbons (Fsp3) is 0.462. The summed E-state index contributed by atoms with van der Waals surface area (Å²) in [6, 6.07) is 7.00. The number of para-hydroxylation sites is 1. The fourth-order valence-electron chi connectivity index (χ4n) is 2.93. The highest BCUT2D eigenvalue weighted by molar-refractivity contribution is 5.90. The van der Waals surface area contributed by atoms with Crippen LogP contribution >= 0.6 is 0 Å². The van der Waals surface area contributed by atoms with Gasteiger partial charge in [0.05, 0.1) is 0 Å². The van der Waals surface area contributed by atoms with Crippen LogP contribution in [0.4, 0.5) is 18.9 Å². The molecule has 0 spiro atoms. The Morgan fingerprint density at radius 2 is 2.05 bits per heavy atom. The number of carbonyl (C=O) groups excluding carboxylic acids is 1. The molecule has 0 aliphatic carbocycles. The third kappa shape index (κ3) is 1.49. The van der Waals surface area contributed by atoms with Crippen molar-refractivity contribution >= 4 is 11.6 Å². The zero-order valence-electron chi connectivity index (χ0n) is 10.6. The summed E-state index contributed by atoms with van der Waals surface area (Å²) in [5.41, 5.74) is -1.90. The molecule has 2 heterocycles. The molecule has 1 aromatic carbocycles. The summed E-state index contributed by atoms with van der Waals surface area (Å²) in [5, 5.41) is 12.8. The van der Waals surface area contributed by atoms with Gasteiger partial charge in [-0.15, -0.1) is 0 Å². The van der Waals surface area contributed by atoms with Gasteiger partial charge in [-0.05, 0) is 11.6 Å². The largest absolute Gasteiger partial charge is 0.426 e. The maximum absolute atomic E-state index is 13.1. The molecule has 1 fully saturated rings. The number of benzene rings is 1. The van der Waals surface area contributed by atoms with Gasteiger partial charge in [-0.25, -0.2) is 0 Å². The molecule has 2 aliphatic rings. The van der Waals surface area contributed by atoms with Gasteiger partial charge in [0.2, 0.25) is 5.60 Å². The number of amides is 1. The average Bonchev–Trinajstić information content (AvgIpc) is 2.59. The quantitative estimate of drug-likeness (QED) is 0.763. The summed E-state index contributed by atoms with van der Waals surface area (Å²) in [7, 11) is 0. The van der Waals surface area contributed by atoms with E-state index in [1.54, 1.807) is 24.3 Å². The molecule has 2 N–H and O–H groups in total. The number of carbonyl (C=O) groups is 1. The van der Waals surface area contributed by atoms with Gasteiger partial charge in [-0.1, -0.05) is 25.1 Å². The van der Waals surface area contributed by atoms with Crippen molar-refractivity contribution in [2.75, 3.05) is 5.32 Å². The van der Waals surface area contributed by atoms with E-state index in [9.17, 15) is 23.1 Å². The van der Waals surface area contributed by atoms with Crippen molar-refractivity contribution < 1.29 is 23.1 Å². The molecule has 20 heavy (non-hydrogen) atoms. The van der Waals surface area contributed by atoms with Gasteiger partial charge in [-0.2, -0.15) is 13.2 Å². The Hall–Kier alpha value is -1.76. The number of aliphatic hydroxyl groups is 1. The zero-order chi connectivity index (χ0) is 14.7. The van der Waals surface area contributed by atoms with Gasteiger partial charge in [0, 0.05) is 18.2 Å². The maximum atomic E-state index is 13.1. The van der Waals surface area contributed by atoms with Gasteiger partial charge in [0.25, 0.3) is 5.91 Å². The standard InChI is InChI=1S/C13H13F3N2O2/c1-7-10-17-9-5-3-2-4-8(9)6-18(10)11(19)12(7,20)13(14,15)16/h2-5,7,10,17,20H,6H2,1H3. The molecule has 0 radical (unpaired) electrons. The lowest BCUT2D eigenvalue weighted by atomic mass is 9.89. The summed E-state index contributed by atoms with van der Waals surface area (Å²) in [5.74, 6) is -2.58. The molecule has 4 nitrogen and oxygen atoms in total. The number of nitrogens with zero attached hydrogens (tertiary/aromatic N) is 1. The predicted octanol–water partition coefficient (Wildman–Crippen LogP) is 1.71. The van der Waals surface area contributed by atoms with Crippen LogP contribution in [0.2, 0.25) is 0 Å². The first-order valence-electron chi connectivity index (χ1n) is 6.21. The molecular weight excluding hydrogens is 273 g/mol. The van der Waals surface area contributed by atoms with Crippen molar-refractivity contribution in [3.63, 3.8) is 0 Å². The predicted molar refractivity (Wildman–Crippen MR) is 64.6 cm³/mol. The van der Waals surface area contributed by atoms with Crippen molar-refractivity contribution in [1.29, 1.82) is 0 Å². The Morgan fingerprint density at radius 3 is 2.70 bits per heavy atom. The molecule has 2 aliphatic heterocycles. The summed E-state index contributed by atoms with van der Waals surface area (Å²) in [6.07, 6.45) is -5.85. The molecule has 3 rings (SSSR count). The number of anilines is 1. The Balaban J connectivity index is 2.03. The van der Waals surface area contributed by atoms with Gasteiger partial charge < -0.3 is 15.3 Å². The van der Waals surface area contributed by atoms with Crippen LogP contribution < -0.4 is 5.32 Å². The molecule has 1 amide bonds. The lowest BCUT2D eigenvalue weighted by Crippen LogP contribution is -2.54. The van der Waals surface area contributed by atoms with Gasteiger partial charge in [0.1, 0.15) is 6.17 Å². The number of nitrogens with one attached hydrogen (secondary N) is 1. The Labute approximate surface area is 113 Å². The molecule has 1 aromatic rings. The molecule has 3 atom stereocenters. The number of hydrogen-bond donors (Lipinski definition) is 2. The normalized spacial score (nSPS) is 32.6. The van der Waals surface area contributed by atoms with Crippen LogP contribution in [-0.4, -0.2) is 33.9 Å².